The minimum absolute atomic E-state index is 0.342. The molecule has 1 aromatic rings. The van der Waals surface area contributed by atoms with Gasteiger partial charge >= 0.3 is 0 Å². The van der Waals surface area contributed by atoms with E-state index in [1.807, 2.05) is 30.3 Å². The fraction of sp³-hybridized carbons (Fsp3) is 0.500. The molecule has 0 saturated carbocycles. The maximum absolute atomic E-state index is 6.08. The second kappa shape index (κ2) is 4.78. The van der Waals surface area contributed by atoms with E-state index in [4.69, 9.17) is 5.73 Å². The van der Waals surface area contributed by atoms with Crippen LogP contribution in [0.25, 0.3) is 0 Å². The van der Waals surface area contributed by atoms with Gasteiger partial charge in [-0.25, -0.2) is 4.99 Å². The van der Waals surface area contributed by atoms with Crippen molar-refractivity contribution >= 4 is 11.6 Å². The predicted octanol–water partition coefficient (Wildman–Crippen LogP) is 2.75. The molecule has 0 bridgehead atoms. The van der Waals surface area contributed by atoms with Crippen molar-refractivity contribution in [1.29, 1.82) is 0 Å². The molecule has 1 fully saturated rings. The van der Waals surface area contributed by atoms with Crippen LogP contribution in [0.3, 0.4) is 0 Å². The van der Waals surface area contributed by atoms with E-state index in [2.05, 4.69) is 23.7 Å². The lowest BCUT2D eigenvalue weighted by Gasteiger charge is -2.38. The predicted molar refractivity (Wildman–Crippen MR) is 72.3 cm³/mol. The fourth-order valence-corrected chi connectivity index (χ4v) is 2.32. The van der Waals surface area contributed by atoms with E-state index in [1.165, 1.54) is 12.8 Å². The summed E-state index contributed by atoms with van der Waals surface area (Å²) in [6, 6.07) is 9.89. The lowest BCUT2D eigenvalue weighted by molar-refractivity contribution is 0.177. The third kappa shape index (κ3) is 3.22. The number of para-hydroxylation sites is 1. The molecule has 0 radical (unpaired) electrons. The third-order valence-corrected chi connectivity index (χ3v) is 3.22. The number of hydrogen-bond acceptors (Lipinski definition) is 1. The van der Waals surface area contributed by atoms with Gasteiger partial charge < -0.3 is 10.6 Å². The lowest BCUT2D eigenvalue weighted by Crippen LogP contribution is -2.46. The Balaban J connectivity index is 2.09. The zero-order chi connectivity index (χ0) is 12.3. The normalized spacial score (nSPS) is 20.4. The van der Waals surface area contributed by atoms with Crippen molar-refractivity contribution in [3.8, 4) is 0 Å². The van der Waals surface area contributed by atoms with Crippen LogP contribution >= 0.6 is 0 Å². The Hall–Kier alpha value is -1.51. The Morgan fingerprint density at radius 2 is 2.00 bits per heavy atom. The monoisotopic (exact) mass is 231 g/mol. The molecule has 1 aromatic carbocycles. The second-order valence-electron chi connectivity index (χ2n) is 5.49. The van der Waals surface area contributed by atoms with Gasteiger partial charge in [-0.1, -0.05) is 32.0 Å². The van der Waals surface area contributed by atoms with Gasteiger partial charge in [-0.15, -0.1) is 0 Å². The zero-order valence-electron chi connectivity index (χ0n) is 10.7. The molecule has 0 spiro atoms. The smallest absolute Gasteiger partial charge is 0.196 e. The number of rotatable bonds is 1. The minimum atomic E-state index is 0.342. The Labute approximate surface area is 103 Å². The van der Waals surface area contributed by atoms with Crippen LogP contribution in [-0.4, -0.2) is 23.9 Å². The average Bonchev–Trinajstić information content (AvgIpc) is 2.29. The van der Waals surface area contributed by atoms with Crippen LogP contribution in [0.4, 0.5) is 5.69 Å². The summed E-state index contributed by atoms with van der Waals surface area (Å²) in [6.45, 7) is 6.59. The number of likely N-dealkylation sites (tertiary alicyclic amines) is 1. The number of aliphatic imine (C=N–C) groups is 1. The van der Waals surface area contributed by atoms with Crippen LogP contribution in [0.5, 0.6) is 0 Å². The highest BCUT2D eigenvalue weighted by atomic mass is 15.3. The van der Waals surface area contributed by atoms with Gasteiger partial charge in [-0.3, -0.25) is 0 Å². The van der Waals surface area contributed by atoms with Crippen molar-refractivity contribution in [2.45, 2.75) is 26.7 Å². The van der Waals surface area contributed by atoms with Gasteiger partial charge in [0.15, 0.2) is 5.96 Å². The van der Waals surface area contributed by atoms with Crippen LogP contribution in [0, 0.1) is 5.41 Å². The van der Waals surface area contributed by atoms with Crippen molar-refractivity contribution in [2.24, 2.45) is 16.1 Å². The Morgan fingerprint density at radius 1 is 1.29 bits per heavy atom. The number of benzene rings is 1. The molecule has 0 unspecified atom stereocenters. The Morgan fingerprint density at radius 3 is 2.65 bits per heavy atom. The molecule has 0 atom stereocenters. The molecule has 1 aliphatic rings. The minimum Gasteiger partial charge on any atom is -0.369 e. The fourth-order valence-electron chi connectivity index (χ4n) is 2.32. The van der Waals surface area contributed by atoms with Crippen LogP contribution < -0.4 is 5.73 Å². The van der Waals surface area contributed by atoms with E-state index in [0.29, 0.717) is 11.4 Å². The third-order valence-electron chi connectivity index (χ3n) is 3.22. The molecule has 3 nitrogen and oxygen atoms in total. The summed E-state index contributed by atoms with van der Waals surface area (Å²) in [6.07, 6.45) is 2.46. The number of guanidine groups is 1. The summed E-state index contributed by atoms with van der Waals surface area (Å²) in [5.41, 5.74) is 7.34. The van der Waals surface area contributed by atoms with E-state index >= 15 is 0 Å². The summed E-state index contributed by atoms with van der Waals surface area (Å²) < 4.78 is 0. The lowest BCUT2D eigenvalue weighted by atomic mass is 9.84. The summed E-state index contributed by atoms with van der Waals surface area (Å²) in [5.74, 6) is 0.643. The van der Waals surface area contributed by atoms with E-state index in [0.717, 1.165) is 18.8 Å². The number of nitrogens with zero attached hydrogens (tertiary/aromatic N) is 2. The zero-order valence-corrected chi connectivity index (χ0v) is 10.7. The van der Waals surface area contributed by atoms with E-state index < -0.39 is 0 Å². The highest BCUT2D eigenvalue weighted by molar-refractivity contribution is 5.81. The Kier molecular flexibility index (Phi) is 3.36. The van der Waals surface area contributed by atoms with Crippen molar-refractivity contribution < 1.29 is 0 Å². The first-order chi connectivity index (χ1) is 8.07. The molecule has 0 aliphatic carbocycles. The maximum atomic E-state index is 6.08. The number of nitrogens with two attached hydrogens (primary N) is 1. The summed E-state index contributed by atoms with van der Waals surface area (Å²) in [4.78, 5) is 6.66. The van der Waals surface area contributed by atoms with Crippen LogP contribution in [0.15, 0.2) is 35.3 Å². The summed E-state index contributed by atoms with van der Waals surface area (Å²) in [5, 5.41) is 0. The largest absolute Gasteiger partial charge is 0.369 e. The van der Waals surface area contributed by atoms with Gasteiger partial charge in [-0.2, -0.15) is 0 Å². The van der Waals surface area contributed by atoms with E-state index in [-0.39, 0.29) is 0 Å². The summed E-state index contributed by atoms with van der Waals surface area (Å²) in [7, 11) is 0. The van der Waals surface area contributed by atoms with Crippen LogP contribution in [-0.2, 0) is 0 Å². The summed E-state index contributed by atoms with van der Waals surface area (Å²) >= 11 is 0. The molecule has 1 heterocycles. The standard InChI is InChI=1S/C14H21N3/c1-14(2)9-6-10-17(11-14)13(15)16-12-7-4-3-5-8-12/h3-5,7-8H,6,9-11H2,1-2H3,(H2,15,16). The maximum Gasteiger partial charge on any atom is 0.196 e. The van der Waals surface area contributed by atoms with Gasteiger partial charge in [0, 0.05) is 13.1 Å². The first-order valence-corrected chi connectivity index (χ1v) is 6.21. The highest BCUT2D eigenvalue weighted by Gasteiger charge is 2.27. The number of hydrogen-bond donors (Lipinski definition) is 1. The van der Waals surface area contributed by atoms with Crippen molar-refractivity contribution in [2.75, 3.05) is 13.1 Å². The number of piperidine rings is 1. The van der Waals surface area contributed by atoms with Crippen molar-refractivity contribution in [3.05, 3.63) is 30.3 Å². The first-order valence-electron chi connectivity index (χ1n) is 6.21. The molecule has 92 valence electrons. The van der Waals surface area contributed by atoms with Gasteiger partial charge in [-0.05, 0) is 30.4 Å². The molecule has 2 N–H and O–H groups in total. The molecule has 0 amide bonds. The first kappa shape index (κ1) is 12.0. The molecular weight excluding hydrogens is 210 g/mol. The Bertz CT molecular complexity index is 395. The second-order valence-corrected chi connectivity index (χ2v) is 5.49. The average molecular weight is 231 g/mol. The molecule has 0 aromatic heterocycles. The topological polar surface area (TPSA) is 41.6 Å². The van der Waals surface area contributed by atoms with Gasteiger partial charge in [0.05, 0.1) is 5.69 Å². The molecule has 2 rings (SSSR count). The van der Waals surface area contributed by atoms with Gasteiger partial charge in [0.25, 0.3) is 0 Å². The van der Waals surface area contributed by atoms with Crippen molar-refractivity contribution in [1.82, 2.24) is 4.90 Å². The van der Waals surface area contributed by atoms with E-state index in [1.54, 1.807) is 0 Å². The quantitative estimate of drug-likeness (QED) is 0.596. The SMILES string of the molecule is CC1(C)CCCN(C(N)=Nc2ccccc2)C1. The molecular formula is C14H21N3. The van der Waals surface area contributed by atoms with Gasteiger partial charge in [0.2, 0.25) is 0 Å². The van der Waals surface area contributed by atoms with Crippen molar-refractivity contribution in [3.63, 3.8) is 0 Å². The highest BCUT2D eigenvalue weighted by Crippen LogP contribution is 2.28. The van der Waals surface area contributed by atoms with Gasteiger partial charge in [0.1, 0.15) is 0 Å². The molecule has 3 heteroatoms. The van der Waals surface area contributed by atoms with Crippen LogP contribution in [0.2, 0.25) is 0 Å². The molecule has 1 aliphatic heterocycles. The van der Waals surface area contributed by atoms with E-state index in [9.17, 15) is 0 Å². The molecule has 17 heavy (non-hydrogen) atoms. The molecule has 1 saturated heterocycles. The van der Waals surface area contributed by atoms with Crippen LogP contribution in [0.1, 0.15) is 26.7 Å².